The van der Waals surface area contributed by atoms with Crippen molar-refractivity contribution in [3.05, 3.63) is 52.4 Å². The van der Waals surface area contributed by atoms with Crippen LogP contribution in [0.15, 0.2) is 35.1 Å². The highest BCUT2D eigenvalue weighted by Gasteiger charge is 2.48. The Hall–Kier alpha value is -1.63. The zero-order valence-electron chi connectivity index (χ0n) is 11.5. The molecule has 1 aliphatic rings. The van der Waals surface area contributed by atoms with Gasteiger partial charge in [0.05, 0.1) is 5.69 Å². The standard InChI is InChI=1S/C15H13BrF3N3/c16-9-4-12(19)14(21-7-9)22-8-15(5-10(17)6-15)13-11(18)2-1-3-20-13/h1-4,7,10H,5-6,8H2,(H,21,22). The second-order valence-electron chi connectivity index (χ2n) is 5.46. The summed E-state index contributed by atoms with van der Waals surface area (Å²) in [5, 5.41) is 2.85. The Morgan fingerprint density at radius 1 is 1.27 bits per heavy atom. The van der Waals surface area contributed by atoms with Crippen LogP contribution in [-0.4, -0.2) is 22.7 Å². The van der Waals surface area contributed by atoms with Crippen molar-refractivity contribution in [3.63, 3.8) is 0 Å². The van der Waals surface area contributed by atoms with Crippen LogP contribution < -0.4 is 5.32 Å². The number of hydrogen-bond acceptors (Lipinski definition) is 3. The molecule has 0 aliphatic heterocycles. The number of hydrogen-bond donors (Lipinski definition) is 1. The summed E-state index contributed by atoms with van der Waals surface area (Å²) in [4.78, 5) is 7.99. The first kappa shape index (κ1) is 15.3. The molecule has 2 heterocycles. The normalized spacial score (nSPS) is 23.9. The monoisotopic (exact) mass is 371 g/mol. The molecule has 2 aromatic rings. The van der Waals surface area contributed by atoms with E-state index >= 15 is 0 Å². The molecule has 116 valence electrons. The van der Waals surface area contributed by atoms with Gasteiger partial charge in [-0.3, -0.25) is 4.98 Å². The molecule has 0 unspecified atom stereocenters. The first-order valence-corrected chi connectivity index (χ1v) is 7.59. The maximum Gasteiger partial charge on any atom is 0.166 e. The number of aromatic nitrogens is 2. The van der Waals surface area contributed by atoms with Crippen LogP contribution in [0.5, 0.6) is 0 Å². The van der Waals surface area contributed by atoms with Gasteiger partial charge in [-0.15, -0.1) is 0 Å². The maximum absolute atomic E-state index is 14.0. The van der Waals surface area contributed by atoms with Crippen LogP contribution in [0.3, 0.4) is 0 Å². The molecular formula is C15H13BrF3N3. The summed E-state index contributed by atoms with van der Waals surface area (Å²) in [6, 6.07) is 4.07. The van der Waals surface area contributed by atoms with Crippen molar-refractivity contribution in [2.75, 3.05) is 11.9 Å². The topological polar surface area (TPSA) is 37.8 Å². The summed E-state index contributed by atoms with van der Waals surface area (Å²) in [5.41, 5.74) is -0.555. The van der Waals surface area contributed by atoms with Gasteiger partial charge in [0.1, 0.15) is 12.0 Å². The molecule has 0 bridgehead atoms. The van der Waals surface area contributed by atoms with Crippen LogP contribution in [0, 0.1) is 11.6 Å². The molecule has 1 aliphatic carbocycles. The number of rotatable bonds is 4. The van der Waals surface area contributed by atoms with Crippen LogP contribution in [0.25, 0.3) is 0 Å². The van der Waals surface area contributed by atoms with Crippen molar-refractivity contribution in [2.24, 2.45) is 0 Å². The lowest BCUT2D eigenvalue weighted by molar-refractivity contribution is 0.0964. The third-order valence-corrected chi connectivity index (χ3v) is 4.32. The van der Waals surface area contributed by atoms with E-state index in [4.69, 9.17) is 0 Å². The Kier molecular flexibility index (Phi) is 4.08. The van der Waals surface area contributed by atoms with E-state index in [-0.39, 0.29) is 30.9 Å². The first-order chi connectivity index (χ1) is 10.5. The molecule has 0 aromatic carbocycles. The quantitative estimate of drug-likeness (QED) is 0.882. The summed E-state index contributed by atoms with van der Waals surface area (Å²) in [6.45, 7) is 0.174. The zero-order valence-corrected chi connectivity index (χ0v) is 13.1. The fraction of sp³-hybridized carbons (Fsp3) is 0.333. The molecule has 0 amide bonds. The molecule has 1 N–H and O–H groups in total. The van der Waals surface area contributed by atoms with E-state index in [9.17, 15) is 13.2 Å². The van der Waals surface area contributed by atoms with Crippen LogP contribution in [0.1, 0.15) is 18.5 Å². The molecule has 0 radical (unpaired) electrons. The Labute approximate surface area is 134 Å². The lowest BCUT2D eigenvalue weighted by atomic mass is 9.65. The van der Waals surface area contributed by atoms with Crippen molar-refractivity contribution >= 4 is 21.7 Å². The van der Waals surface area contributed by atoms with Crippen molar-refractivity contribution in [1.82, 2.24) is 9.97 Å². The van der Waals surface area contributed by atoms with Crippen molar-refractivity contribution in [2.45, 2.75) is 24.4 Å². The molecule has 22 heavy (non-hydrogen) atoms. The largest absolute Gasteiger partial charge is 0.367 e. The summed E-state index contributed by atoms with van der Waals surface area (Å²) in [7, 11) is 0. The van der Waals surface area contributed by atoms with Crippen LogP contribution in [0.4, 0.5) is 19.0 Å². The molecule has 0 saturated heterocycles. The Bertz CT molecular complexity index is 689. The highest BCUT2D eigenvalue weighted by atomic mass is 79.9. The number of halogens is 4. The van der Waals surface area contributed by atoms with E-state index in [1.807, 2.05) is 0 Å². The number of nitrogens with one attached hydrogen (secondary N) is 1. The van der Waals surface area contributed by atoms with E-state index in [0.717, 1.165) is 0 Å². The van der Waals surface area contributed by atoms with Crippen LogP contribution in [0.2, 0.25) is 0 Å². The van der Waals surface area contributed by atoms with E-state index < -0.39 is 23.2 Å². The molecule has 0 atom stereocenters. The molecule has 3 rings (SSSR count). The Morgan fingerprint density at radius 2 is 2.05 bits per heavy atom. The highest BCUT2D eigenvalue weighted by Crippen LogP contribution is 2.45. The van der Waals surface area contributed by atoms with Gasteiger partial charge in [0.2, 0.25) is 0 Å². The van der Waals surface area contributed by atoms with Gasteiger partial charge in [0, 0.05) is 28.8 Å². The molecule has 1 fully saturated rings. The molecule has 3 nitrogen and oxygen atoms in total. The lowest BCUT2D eigenvalue weighted by Gasteiger charge is -2.44. The second-order valence-corrected chi connectivity index (χ2v) is 6.37. The Morgan fingerprint density at radius 3 is 2.68 bits per heavy atom. The predicted molar refractivity (Wildman–Crippen MR) is 80.4 cm³/mol. The summed E-state index contributed by atoms with van der Waals surface area (Å²) in [5.74, 6) is -0.941. The number of nitrogens with zero attached hydrogens (tertiary/aromatic N) is 2. The fourth-order valence-corrected chi connectivity index (χ4v) is 3.09. The van der Waals surface area contributed by atoms with Crippen molar-refractivity contribution in [1.29, 1.82) is 0 Å². The minimum absolute atomic E-state index is 0.0567. The van der Waals surface area contributed by atoms with Gasteiger partial charge in [-0.05, 0) is 47.0 Å². The minimum atomic E-state index is -0.995. The van der Waals surface area contributed by atoms with Gasteiger partial charge in [-0.25, -0.2) is 18.2 Å². The molecule has 7 heteroatoms. The first-order valence-electron chi connectivity index (χ1n) is 6.80. The van der Waals surface area contributed by atoms with Gasteiger partial charge in [0.25, 0.3) is 0 Å². The second kappa shape index (κ2) is 5.87. The molecule has 1 saturated carbocycles. The van der Waals surface area contributed by atoms with Crippen LogP contribution >= 0.6 is 15.9 Å². The highest BCUT2D eigenvalue weighted by molar-refractivity contribution is 9.10. The molecule has 0 spiro atoms. The summed E-state index contributed by atoms with van der Waals surface area (Å²) < 4.78 is 41.7. The third-order valence-electron chi connectivity index (χ3n) is 3.89. The molecular weight excluding hydrogens is 359 g/mol. The summed E-state index contributed by atoms with van der Waals surface area (Å²) >= 11 is 3.13. The molecule has 2 aromatic heterocycles. The predicted octanol–water partition coefficient (Wildman–Crippen LogP) is 4.00. The van der Waals surface area contributed by atoms with E-state index in [2.05, 4.69) is 31.2 Å². The van der Waals surface area contributed by atoms with E-state index in [0.29, 0.717) is 4.47 Å². The van der Waals surface area contributed by atoms with Crippen LogP contribution in [-0.2, 0) is 5.41 Å². The number of anilines is 1. The maximum atomic E-state index is 14.0. The average molecular weight is 372 g/mol. The number of pyridine rings is 2. The van der Waals surface area contributed by atoms with Crippen molar-refractivity contribution < 1.29 is 13.2 Å². The van der Waals surface area contributed by atoms with E-state index in [1.54, 1.807) is 0 Å². The fourth-order valence-electron chi connectivity index (χ4n) is 2.78. The van der Waals surface area contributed by atoms with Gasteiger partial charge >= 0.3 is 0 Å². The van der Waals surface area contributed by atoms with E-state index in [1.165, 1.54) is 30.6 Å². The van der Waals surface area contributed by atoms with Gasteiger partial charge in [0.15, 0.2) is 11.6 Å². The van der Waals surface area contributed by atoms with Crippen molar-refractivity contribution in [3.8, 4) is 0 Å². The number of alkyl halides is 1. The third kappa shape index (κ3) is 2.82. The SMILES string of the molecule is Fc1cc(Br)cnc1NCC1(c2ncccc2F)CC(F)C1. The average Bonchev–Trinajstić information content (AvgIpc) is 2.44. The van der Waals surface area contributed by atoms with Gasteiger partial charge in [-0.2, -0.15) is 0 Å². The summed E-state index contributed by atoms with van der Waals surface area (Å²) in [6.07, 6.45) is 2.26. The lowest BCUT2D eigenvalue weighted by Crippen LogP contribution is -2.49. The zero-order chi connectivity index (χ0) is 15.7. The minimum Gasteiger partial charge on any atom is -0.367 e. The smallest absolute Gasteiger partial charge is 0.166 e. The van der Waals surface area contributed by atoms with Gasteiger partial charge in [-0.1, -0.05) is 0 Å². The van der Waals surface area contributed by atoms with Gasteiger partial charge < -0.3 is 5.32 Å². The Balaban J connectivity index is 1.82.